The van der Waals surface area contributed by atoms with Gasteiger partial charge in [-0.15, -0.1) is 0 Å². The number of nitrogens with zero attached hydrogens (tertiary/aromatic N) is 4. The van der Waals surface area contributed by atoms with Gasteiger partial charge in [-0.1, -0.05) is 37.3 Å². The summed E-state index contributed by atoms with van der Waals surface area (Å²) in [6.07, 6.45) is 0. The first-order valence-electron chi connectivity index (χ1n) is 8.94. The van der Waals surface area contributed by atoms with Gasteiger partial charge >= 0.3 is 0 Å². The number of piperazine rings is 1. The van der Waals surface area contributed by atoms with E-state index in [4.69, 9.17) is 9.72 Å². The number of methoxy groups -OCH3 is 1. The van der Waals surface area contributed by atoms with Gasteiger partial charge in [0.05, 0.1) is 12.3 Å². The minimum absolute atomic E-state index is 0.628. The van der Waals surface area contributed by atoms with Crippen LogP contribution in [-0.2, 0) is 4.74 Å². The summed E-state index contributed by atoms with van der Waals surface area (Å²) in [4.78, 5) is 14.2. The van der Waals surface area contributed by atoms with Crippen LogP contribution in [0, 0.1) is 0 Å². The van der Waals surface area contributed by atoms with Gasteiger partial charge in [-0.25, -0.2) is 4.98 Å². The molecule has 2 aromatic rings. The van der Waals surface area contributed by atoms with Crippen molar-refractivity contribution in [2.24, 2.45) is 0 Å². The van der Waals surface area contributed by atoms with E-state index >= 15 is 0 Å². The molecule has 0 amide bonds. The maximum Gasteiger partial charge on any atom is 0.225 e. The molecule has 0 unspecified atom stereocenters. The zero-order valence-electron chi connectivity index (χ0n) is 15.1. The minimum Gasteiger partial charge on any atom is -0.383 e. The number of hydrogen-bond acceptors (Lipinski definition) is 6. The molecule has 1 N–H and O–H groups in total. The summed E-state index contributed by atoms with van der Waals surface area (Å²) in [7, 11) is 1.70. The Labute approximate surface area is 149 Å². The molecule has 0 radical (unpaired) electrons. The van der Waals surface area contributed by atoms with Crippen LogP contribution in [-0.4, -0.2) is 67.9 Å². The van der Waals surface area contributed by atoms with E-state index in [0.717, 1.165) is 49.8 Å². The second-order valence-corrected chi connectivity index (χ2v) is 6.14. The van der Waals surface area contributed by atoms with Crippen molar-refractivity contribution in [2.75, 3.05) is 63.2 Å². The summed E-state index contributed by atoms with van der Waals surface area (Å²) in [5.41, 5.74) is 2.05. The first kappa shape index (κ1) is 17.6. The van der Waals surface area contributed by atoms with Gasteiger partial charge in [0.2, 0.25) is 5.95 Å². The first-order valence-corrected chi connectivity index (χ1v) is 8.94. The van der Waals surface area contributed by atoms with Crippen molar-refractivity contribution in [3.05, 3.63) is 36.4 Å². The van der Waals surface area contributed by atoms with Gasteiger partial charge in [0.25, 0.3) is 0 Å². The predicted molar refractivity (Wildman–Crippen MR) is 102 cm³/mol. The van der Waals surface area contributed by atoms with Gasteiger partial charge in [-0.3, -0.25) is 0 Å². The lowest BCUT2D eigenvalue weighted by molar-refractivity contribution is 0.210. The Hall–Kier alpha value is -2.18. The zero-order chi connectivity index (χ0) is 17.5. The molecule has 1 fully saturated rings. The van der Waals surface area contributed by atoms with Gasteiger partial charge in [-0.05, 0) is 6.54 Å². The van der Waals surface area contributed by atoms with E-state index in [1.54, 1.807) is 7.11 Å². The molecule has 0 spiro atoms. The molecule has 0 bridgehead atoms. The molecular weight excluding hydrogens is 314 g/mol. The maximum absolute atomic E-state index is 5.12. The number of ether oxygens (including phenoxy) is 1. The molecule has 1 aromatic carbocycles. The molecule has 25 heavy (non-hydrogen) atoms. The van der Waals surface area contributed by atoms with Crippen molar-refractivity contribution in [3.63, 3.8) is 0 Å². The largest absolute Gasteiger partial charge is 0.383 e. The fourth-order valence-electron chi connectivity index (χ4n) is 2.99. The minimum atomic E-state index is 0.628. The number of benzene rings is 1. The monoisotopic (exact) mass is 341 g/mol. The van der Waals surface area contributed by atoms with Crippen LogP contribution < -0.4 is 10.2 Å². The predicted octanol–water partition coefficient (Wildman–Crippen LogP) is 2.34. The molecule has 0 saturated carbocycles. The van der Waals surface area contributed by atoms with Crippen LogP contribution in [0.3, 0.4) is 0 Å². The smallest absolute Gasteiger partial charge is 0.225 e. The van der Waals surface area contributed by atoms with Crippen molar-refractivity contribution < 1.29 is 4.74 Å². The van der Waals surface area contributed by atoms with E-state index in [2.05, 4.69) is 45.2 Å². The van der Waals surface area contributed by atoms with E-state index in [-0.39, 0.29) is 0 Å². The van der Waals surface area contributed by atoms with Gasteiger partial charge in [-0.2, -0.15) is 4.98 Å². The number of rotatable bonds is 7. The molecule has 1 aliphatic heterocycles. The van der Waals surface area contributed by atoms with E-state index in [1.165, 1.54) is 0 Å². The molecule has 6 nitrogen and oxygen atoms in total. The average molecular weight is 341 g/mol. The SMILES string of the molecule is CCN1CCN(c2cc(-c3ccccc3)nc(NCCOC)n2)CC1. The Morgan fingerprint density at radius 1 is 1.08 bits per heavy atom. The molecule has 1 aliphatic rings. The highest BCUT2D eigenvalue weighted by atomic mass is 16.5. The lowest BCUT2D eigenvalue weighted by Gasteiger charge is -2.35. The highest BCUT2D eigenvalue weighted by molar-refractivity contribution is 5.64. The zero-order valence-corrected chi connectivity index (χ0v) is 15.1. The molecule has 1 aromatic heterocycles. The Bertz CT molecular complexity index is 656. The molecule has 6 heteroatoms. The third-order valence-electron chi connectivity index (χ3n) is 4.51. The molecule has 0 aliphatic carbocycles. The Balaban J connectivity index is 1.84. The lowest BCUT2D eigenvalue weighted by atomic mass is 10.1. The molecule has 134 valence electrons. The number of nitrogens with one attached hydrogen (secondary N) is 1. The summed E-state index contributed by atoms with van der Waals surface area (Å²) >= 11 is 0. The third kappa shape index (κ3) is 4.67. The van der Waals surface area contributed by atoms with Crippen molar-refractivity contribution >= 4 is 11.8 Å². The van der Waals surface area contributed by atoms with Gasteiger partial charge in [0.1, 0.15) is 5.82 Å². The number of anilines is 2. The quantitative estimate of drug-likeness (QED) is 0.780. The topological polar surface area (TPSA) is 53.5 Å². The van der Waals surface area contributed by atoms with Crippen molar-refractivity contribution in [2.45, 2.75) is 6.92 Å². The summed E-state index contributed by atoms with van der Waals surface area (Å²) < 4.78 is 5.12. The first-order chi connectivity index (χ1) is 12.3. The molecule has 2 heterocycles. The van der Waals surface area contributed by atoms with Gasteiger partial charge < -0.3 is 19.9 Å². The normalized spacial score (nSPS) is 15.4. The summed E-state index contributed by atoms with van der Waals surface area (Å²) in [6.45, 7) is 8.79. The van der Waals surface area contributed by atoms with Crippen molar-refractivity contribution in [1.29, 1.82) is 0 Å². The summed E-state index contributed by atoms with van der Waals surface area (Å²) in [5, 5.41) is 3.27. The van der Waals surface area contributed by atoms with Crippen molar-refractivity contribution in [3.8, 4) is 11.3 Å². The second kappa shape index (κ2) is 8.78. The molecule has 3 rings (SSSR count). The molecule has 0 atom stereocenters. The van der Waals surface area contributed by atoms with Crippen LogP contribution in [0.1, 0.15) is 6.92 Å². The van der Waals surface area contributed by atoms with E-state index in [1.807, 2.05) is 18.2 Å². The Kier molecular flexibility index (Phi) is 6.19. The Morgan fingerprint density at radius 2 is 1.84 bits per heavy atom. The van der Waals surface area contributed by atoms with Crippen LogP contribution in [0.2, 0.25) is 0 Å². The number of hydrogen-bond donors (Lipinski definition) is 1. The highest BCUT2D eigenvalue weighted by Gasteiger charge is 2.18. The van der Waals surface area contributed by atoms with Crippen LogP contribution in [0.15, 0.2) is 36.4 Å². The average Bonchev–Trinajstić information content (AvgIpc) is 2.69. The van der Waals surface area contributed by atoms with Gasteiger partial charge in [0.15, 0.2) is 0 Å². The second-order valence-electron chi connectivity index (χ2n) is 6.14. The Morgan fingerprint density at radius 3 is 2.52 bits per heavy atom. The standard InChI is InChI=1S/C19H27N5O/c1-3-23-10-12-24(13-11-23)18-15-17(16-7-5-4-6-8-16)21-19(22-18)20-9-14-25-2/h4-8,15H,3,9-14H2,1-2H3,(H,20,21,22). The van der Waals surface area contributed by atoms with Crippen LogP contribution in [0.5, 0.6) is 0 Å². The van der Waals surface area contributed by atoms with E-state index < -0.39 is 0 Å². The van der Waals surface area contributed by atoms with E-state index in [0.29, 0.717) is 19.1 Å². The van der Waals surface area contributed by atoms with Crippen LogP contribution in [0.4, 0.5) is 11.8 Å². The lowest BCUT2D eigenvalue weighted by Crippen LogP contribution is -2.46. The fraction of sp³-hybridized carbons (Fsp3) is 0.474. The molecule has 1 saturated heterocycles. The summed E-state index contributed by atoms with van der Waals surface area (Å²) in [6, 6.07) is 12.4. The highest BCUT2D eigenvalue weighted by Crippen LogP contribution is 2.24. The summed E-state index contributed by atoms with van der Waals surface area (Å²) in [5.74, 6) is 1.65. The van der Waals surface area contributed by atoms with Gasteiger partial charge in [0, 0.05) is 51.5 Å². The molecular formula is C19H27N5O. The number of aromatic nitrogens is 2. The van der Waals surface area contributed by atoms with E-state index in [9.17, 15) is 0 Å². The van der Waals surface area contributed by atoms with Crippen LogP contribution >= 0.6 is 0 Å². The maximum atomic E-state index is 5.12. The third-order valence-corrected chi connectivity index (χ3v) is 4.51. The van der Waals surface area contributed by atoms with Crippen molar-refractivity contribution in [1.82, 2.24) is 14.9 Å². The number of likely N-dealkylation sites (N-methyl/N-ethyl adjacent to an activating group) is 1. The fourth-order valence-corrected chi connectivity index (χ4v) is 2.99. The van der Waals surface area contributed by atoms with Crippen LogP contribution in [0.25, 0.3) is 11.3 Å².